The van der Waals surface area contributed by atoms with E-state index in [1.807, 2.05) is 34.0 Å². The molecule has 3 aromatic heterocycles. The number of hydrogen-bond donors (Lipinski definition) is 1. The SMILES string of the molecule is Cc1cc(C)n2ncc(C(=O)NC[C@@H](c3sccc3C)N(C)C)c2n1. The molecule has 1 amide bonds. The third-order valence-electron chi connectivity index (χ3n) is 4.31. The molecule has 0 bridgehead atoms. The number of fused-ring (bicyclic) bond motifs is 1. The maximum absolute atomic E-state index is 12.7. The van der Waals surface area contributed by atoms with Crippen LogP contribution in [0, 0.1) is 20.8 Å². The number of carbonyl (C=O) groups excluding carboxylic acids is 1. The molecule has 0 saturated carbocycles. The lowest BCUT2D eigenvalue weighted by atomic mass is 10.1. The quantitative estimate of drug-likeness (QED) is 0.763. The van der Waals surface area contributed by atoms with Gasteiger partial charge in [-0.2, -0.15) is 5.10 Å². The van der Waals surface area contributed by atoms with E-state index in [1.54, 1.807) is 22.0 Å². The molecule has 132 valence electrons. The van der Waals surface area contributed by atoms with Crippen LogP contribution in [0.1, 0.15) is 38.2 Å². The van der Waals surface area contributed by atoms with Crippen molar-refractivity contribution in [1.82, 2.24) is 24.8 Å². The number of amides is 1. The zero-order valence-electron chi connectivity index (χ0n) is 15.2. The van der Waals surface area contributed by atoms with Crippen LogP contribution in [0.3, 0.4) is 0 Å². The summed E-state index contributed by atoms with van der Waals surface area (Å²) in [5.74, 6) is -0.145. The fraction of sp³-hybridized carbons (Fsp3) is 0.389. The number of nitrogens with zero attached hydrogens (tertiary/aromatic N) is 4. The van der Waals surface area contributed by atoms with Gasteiger partial charge in [-0.15, -0.1) is 11.3 Å². The lowest BCUT2D eigenvalue weighted by Gasteiger charge is -2.24. The fourth-order valence-corrected chi connectivity index (χ4v) is 4.07. The van der Waals surface area contributed by atoms with Crippen molar-refractivity contribution in [3.05, 3.63) is 51.1 Å². The van der Waals surface area contributed by atoms with Crippen LogP contribution in [-0.2, 0) is 0 Å². The van der Waals surface area contributed by atoms with Crippen LogP contribution in [0.5, 0.6) is 0 Å². The van der Waals surface area contributed by atoms with Gasteiger partial charge in [0.05, 0.1) is 12.2 Å². The van der Waals surface area contributed by atoms with Crippen molar-refractivity contribution >= 4 is 22.9 Å². The van der Waals surface area contributed by atoms with Gasteiger partial charge >= 0.3 is 0 Å². The zero-order chi connectivity index (χ0) is 18.1. The first-order valence-electron chi connectivity index (χ1n) is 8.19. The standard InChI is InChI=1S/C18H23N5OS/c1-11-6-7-25-16(11)15(22(4)5)10-19-18(24)14-9-20-23-13(3)8-12(2)21-17(14)23/h6-9,15H,10H2,1-5H3,(H,19,24)/t15-/m0/s1. The van der Waals surface area contributed by atoms with Gasteiger partial charge < -0.3 is 10.2 Å². The minimum absolute atomic E-state index is 0.141. The molecular formula is C18H23N5OS. The first-order chi connectivity index (χ1) is 11.9. The Kier molecular flexibility index (Phi) is 4.87. The summed E-state index contributed by atoms with van der Waals surface area (Å²) in [4.78, 5) is 20.6. The Bertz CT molecular complexity index is 911. The predicted molar refractivity (Wildman–Crippen MR) is 100 cm³/mol. The van der Waals surface area contributed by atoms with E-state index in [1.165, 1.54) is 10.4 Å². The number of nitrogens with one attached hydrogen (secondary N) is 1. The molecule has 6 nitrogen and oxygen atoms in total. The molecule has 0 spiro atoms. The molecule has 3 heterocycles. The third-order valence-corrected chi connectivity index (χ3v) is 5.43. The average molecular weight is 357 g/mol. The molecule has 0 aliphatic rings. The lowest BCUT2D eigenvalue weighted by molar-refractivity contribution is 0.0943. The van der Waals surface area contributed by atoms with Gasteiger partial charge in [0.2, 0.25) is 0 Å². The Labute approximate surface area is 151 Å². The van der Waals surface area contributed by atoms with E-state index in [4.69, 9.17) is 0 Å². The Hall–Kier alpha value is -2.25. The predicted octanol–water partition coefficient (Wildman–Crippen LogP) is 2.75. The van der Waals surface area contributed by atoms with Crippen molar-refractivity contribution in [3.8, 4) is 0 Å². The van der Waals surface area contributed by atoms with E-state index in [-0.39, 0.29) is 11.9 Å². The van der Waals surface area contributed by atoms with E-state index < -0.39 is 0 Å². The molecule has 0 unspecified atom stereocenters. The van der Waals surface area contributed by atoms with Crippen molar-refractivity contribution in [3.63, 3.8) is 0 Å². The molecule has 3 rings (SSSR count). The van der Waals surface area contributed by atoms with E-state index in [9.17, 15) is 4.79 Å². The van der Waals surface area contributed by atoms with Crippen molar-refractivity contribution in [2.24, 2.45) is 0 Å². The molecule has 7 heteroatoms. The minimum Gasteiger partial charge on any atom is -0.350 e. The molecule has 3 aromatic rings. The topological polar surface area (TPSA) is 62.5 Å². The van der Waals surface area contributed by atoms with Gasteiger partial charge in [-0.05, 0) is 57.9 Å². The van der Waals surface area contributed by atoms with Crippen LogP contribution in [0.25, 0.3) is 5.65 Å². The van der Waals surface area contributed by atoms with Gasteiger partial charge in [0, 0.05) is 22.8 Å². The molecule has 1 N–H and O–H groups in total. The second kappa shape index (κ2) is 6.93. The number of likely N-dealkylation sites (N-methyl/N-ethyl adjacent to an activating group) is 1. The van der Waals surface area contributed by atoms with Gasteiger partial charge in [0.1, 0.15) is 5.56 Å². The average Bonchev–Trinajstić information content (AvgIpc) is 3.14. The summed E-state index contributed by atoms with van der Waals surface area (Å²) in [6.07, 6.45) is 1.59. The highest BCUT2D eigenvalue weighted by Crippen LogP contribution is 2.26. The smallest absolute Gasteiger partial charge is 0.256 e. The van der Waals surface area contributed by atoms with Gasteiger partial charge in [-0.3, -0.25) is 4.79 Å². The molecule has 0 aromatic carbocycles. The summed E-state index contributed by atoms with van der Waals surface area (Å²) >= 11 is 1.72. The van der Waals surface area contributed by atoms with Crippen molar-refractivity contribution in [2.75, 3.05) is 20.6 Å². The summed E-state index contributed by atoms with van der Waals surface area (Å²) < 4.78 is 1.70. The van der Waals surface area contributed by atoms with Crippen molar-refractivity contribution < 1.29 is 4.79 Å². The summed E-state index contributed by atoms with van der Waals surface area (Å²) in [5.41, 5.74) is 4.19. The third kappa shape index (κ3) is 3.43. The molecule has 0 aliphatic carbocycles. The maximum Gasteiger partial charge on any atom is 0.256 e. The van der Waals surface area contributed by atoms with Crippen LogP contribution in [-0.4, -0.2) is 46.0 Å². The highest BCUT2D eigenvalue weighted by atomic mass is 32.1. The van der Waals surface area contributed by atoms with Crippen molar-refractivity contribution in [1.29, 1.82) is 0 Å². The van der Waals surface area contributed by atoms with E-state index in [0.717, 1.165) is 11.4 Å². The molecule has 0 aliphatic heterocycles. The summed E-state index contributed by atoms with van der Waals surface area (Å²) in [5, 5.41) is 9.42. The van der Waals surface area contributed by atoms with Crippen LogP contribution >= 0.6 is 11.3 Å². The molecule has 25 heavy (non-hydrogen) atoms. The van der Waals surface area contributed by atoms with Crippen LogP contribution in [0.15, 0.2) is 23.7 Å². The molecule has 0 fully saturated rings. The summed E-state index contributed by atoms with van der Waals surface area (Å²) in [6, 6.07) is 4.20. The highest BCUT2D eigenvalue weighted by molar-refractivity contribution is 7.10. The number of hydrogen-bond acceptors (Lipinski definition) is 5. The van der Waals surface area contributed by atoms with Gasteiger partial charge in [0.15, 0.2) is 5.65 Å². The number of aromatic nitrogens is 3. The second-order valence-electron chi connectivity index (χ2n) is 6.49. The van der Waals surface area contributed by atoms with Crippen LogP contribution < -0.4 is 5.32 Å². The first kappa shape index (κ1) is 17.6. The minimum atomic E-state index is -0.145. The number of thiophene rings is 1. The van der Waals surface area contributed by atoms with Gasteiger partial charge in [-0.1, -0.05) is 0 Å². The normalized spacial score (nSPS) is 12.7. The van der Waals surface area contributed by atoms with Gasteiger partial charge in [0.25, 0.3) is 5.91 Å². The Morgan fingerprint density at radius 3 is 2.76 bits per heavy atom. The molecular weight excluding hydrogens is 334 g/mol. The number of aryl methyl sites for hydroxylation is 3. The first-order valence-corrected chi connectivity index (χ1v) is 9.07. The van der Waals surface area contributed by atoms with Crippen LogP contribution in [0.2, 0.25) is 0 Å². The van der Waals surface area contributed by atoms with Crippen LogP contribution in [0.4, 0.5) is 0 Å². The summed E-state index contributed by atoms with van der Waals surface area (Å²) in [6.45, 7) is 6.52. The van der Waals surface area contributed by atoms with E-state index >= 15 is 0 Å². The Morgan fingerprint density at radius 1 is 1.36 bits per heavy atom. The molecule has 0 radical (unpaired) electrons. The zero-order valence-corrected chi connectivity index (χ0v) is 16.0. The molecule has 0 saturated heterocycles. The number of carbonyl (C=O) groups is 1. The van der Waals surface area contributed by atoms with Crippen molar-refractivity contribution in [2.45, 2.75) is 26.8 Å². The molecule has 1 atom stereocenters. The fourth-order valence-electron chi connectivity index (χ4n) is 2.95. The van der Waals surface area contributed by atoms with E-state index in [2.05, 4.69) is 38.7 Å². The van der Waals surface area contributed by atoms with E-state index in [0.29, 0.717) is 17.8 Å². The lowest BCUT2D eigenvalue weighted by Crippen LogP contribution is -2.34. The number of rotatable bonds is 5. The maximum atomic E-state index is 12.7. The monoisotopic (exact) mass is 357 g/mol. The Morgan fingerprint density at radius 2 is 2.12 bits per heavy atom. The summed E-state index contributed by atoms with van der Waals surface area (Å²) in [7, 11) is 4.05. The second-order valence-corrected chi connectivity index (χ2v) is 7.44. The largest absolute Gasteiger partial charge is 0.350 e. The highest BCUT2D eigenvalue weighted by Gasteiger charge is 2.21. The van der Waals surface area contributed by atoms with Gasteiger partial charge in [-0.25, -0.2) is 9.50 Å². The Balaban J connectivity index is 1.82.